The van der Waals surface area contributed by atoms with E-state index in [9.17, 15) is 4.79 Å². The third-order valence-corrected chi connectivity index (χ3v) is 4.85. The summed E-state index contributed by atoms with van der Waals surface area (Å²) in [5, 5.41) is 3.90. The summed E-state index contributed by atoms with van der Waals surface area (Å²) in [6.07, 6.45) is 1.33. The molecule has 27 heavy (non-hydrogen) atoms. The fraction of sp³-hybridized carbons (Fsp3) is 0.143. The van der Waals surface area contributed by atoms with Crippen molar-refractivity contribution in [3.8, 4) is 5.75 Å². The molecule has 1 atom stereocenters. The number of aromatic nitrogens is 1. The Morgan fingerprint density at radius 1 is 1.15 bits per heavy atom. The van der Waals surface area contributed by atoms with Gasteiger partial charge in [-0.15, -0.1) is 0 Å². The van der Waals surface area contributed by atoms with E-state index >= 15 is 0 Å². The highest BCUT2D eigenvalue weighted by Gasteiger charge is 2.37. The fourth-order valence-electron chi connectivity index (χ4n) is 3.24. The number of nitrogens with zero attached hydrogens (tertiary/aromatic N) is 2. The predicted octanol–water partition coefficient (Wildman–Crippen LogP) is 4.51. The van der Waals surface area contributed by atoms with Gasteiger partial charge in [0.15, 0.2) is 0 Å². The number of fused-ring (bicyclic) bond motifs is 1. The number of pyridine rings is 1. The monoisotopic (exact) mass is 379 g/mol. The number of amides is 1. The molecule has 1 aromatic heterocycles. The Hall–Kier alpha value is -3.05. The first kappa shape index (κ1) is 17.4. The van der Waals surface area contributed by atoms with E-state index in [-0.39, 0.29) is 12.1 Å². The number of rotatable bonds is 5. The molecule has 1 amide bonds. The van der Waals surface area contributed by atoms with E-state index in [4.69, 9.17) is 16.3 Å². The highest BCUT2D eigenvalue weighted by atomic mass is 35.5. The molecular weight excluding hydrogens is 362 g/mol. The molecule has 1 aliphatic rings. The molecule has 6 heteroatoms. The summed E-state index contributed by atoms with van der Waals surface area (Å²) in [6.45, 7) is 0.484. The Balaban J connectivity index is 1.68. The molecule has 4 rings (SSSR count). The van der Waals surface area contributed by atoms with Gasteiger partial charge in [-0.2, -0.15) is 0 Å². The largest absolute Gasteiger partial charge is 0.495 e. The van der Waals surface area contributed by atoms with Gasteiger partial charge < -0.3 is 15.0 Å². The van der Waals surface area contributed by atoms with E-state index in [0.29, 0.717) is 28.6 Å². The first-order valence-electron chi connectivity index (χ1n) is 8.57. The van der Waals surface area contributed by atoms with Gasteiger partial charge in [-0.1, -0.05) is 41.9 Å². The second kappa shape index (κ2) is 7.29. The van der Waals surface area contributed by atoms with E-state index in [1.165, 1.54) is 0 Å². The van der Waals surface area contributed by atoms with Crippen molar-refractivity contribution in [2.45, 2.75) is 12.7 Å². The zero-order valence-corrected chi connectivity index (χ0v) is 15.5. The van der Waals surface area contributed by atoms with Crippen LogP contribution in [-0.2, 0) is 6.54 Å². The smallest absolute Gasteiger partial charge is 0.258 e. The van der Waals surface area contributed by atoms with Crippen molar-refractivity contribution in [2.24, 2.45) is 0 Å². The van der Waals surface area contributed by atoms with Gasteiger partial charge in [0, 0.05) is 18.4 Å². The van der Waals surface area contributed by atoms with E-state index in [0.717, 1.165) is 11.3 Å². The number of nitrogens with one attached hydrogen (secondary N) is 1. The third kappa shape index (κ3) is 3.34. The maximum atomic E-state index is 13.0. The molecule has 0 aliphatic carbocycles. The summed E-state index contributed by atoms with van der Waals surface area (Å²) in [7, 11) is 1.58. The average molecular weight is 380 g/mol. The van der Waals surface area contributed by atoms with Crippen molar-refractivity contribution in [2.75, 3.05) is 12.4 Å². The number of hydrogen-bond donors (Lipinski definition) is 1. The zero-order valence-electron chi connectivity index (χ0n) is 14.7. The number of hydrogen-bond acceptors (Lipinski definition) is 4. The van der Waals surface area contributed by atoms with E-state index in [2.05, 4.69) is 10.3 Å². The molecule has 0 radical (unpaired) electrons. The van der Waals surface area contributed by atoms with Crippen LogP contribution in [0.4, 0.5) is 5.69 Å². The Labute approximate surface area is 162 Å². The van der Waals surface area contributed by atoms with Gasteiger partial charge in [0.25, 0.3) is 5.91 Å². The number of carbonyl (C=O) groups excluding carboxylic acids is 1. The highest BCUT2D eigenvalue weighted by Crippen LogP contribution is 2.35. The van der Waals surface area contributed by atoms with Crippen LogP contribution in [0.1, 0.15) is 27.8 Å². The molecule has 1 aliphatic heterocycles. The first-order chi connectivity index (χ1) is 13.2. The van der Waals surface area contributed by atoms with E-state index in [1.807, 2.05) is 42.5 Å². The quantitative estimate of drug-likeness (QED) is 0.708. The normalized spacial score (nSPS) is 15.6. The van der Waals surface area contributed by atoms with Crippen molar-refractivity contribution in [1.29, 1.82) is 0 Å². The maximum Gasteiger partial charge on any atom is 0.258 e. The van der Waals surface area contributed by atoms with Crippen LogP contribution in [0.5, 0.6) is 5.75 Å². The summed E-state index contributed by atoms with van der Waals surface area (Å²) in [4.78, 5) is 19.2. The summed E-state index contributed by atoms with van der Waals surface area (Å²) < 4.78 is 5.21. The standard InChI is InChI=1S/C21H18ClN3O2/c1-27-18-10-9-15(12-17(18)22)24-20-19-16(8-5-11-23-19)21(26)25(20)13-14-6-3-2-4-7-14/h2-12,20,24H,13H2,1H3/t20-/m0/s1. The molecule has 0 unspecified atom stereocenters. The second-order valence-corrected chi connectivity index (χ2v) is 6.66. The van der Waals surface area contributed by atoms with Gasteiger partial charge in [-0.05, 0) is 35.9 Å². The molecule has 5 nitrogen and oxygen atoms in total. The second-order valence-electron chi connectivity index (χ2n) is 6.25. The molecular formula is C21H18ClN3O2. The van der Waals surface area contributed by atoms with Crippen LogP contribution in [0.25, 0.3) is 0 Å². The number of ether oxygens (including phenoxy) is 1. The number of benzene rings is 2. The molecule has 0 spiro atoms. The summed E-state index contributed by atoms with van der Waals surface area (Å²) in [5.41, 5.74) is 3.17. The number of anilines is 1. The van der Waals surface area contributed by atoms with Crippen molar-refractivity contribution in [1.82, 2.24) is 9.88 Å². The van der Waals surface area contributed by atoms with Gasteiger partial charge in [0.05, 0.1) is 23.4 Å². The fourth-order valence-corrected chi connectivity index (χ4v) is 3.50. The van der Waals surface area contributed by atoms with Crippen LogP contribution < -0.4 is 10.1 Å². The lowest BCUT2D eigenvalue weighted by Crippen LogP contribution is -2.32. The minimum Gasteiger partial charge on any atom is -0.495 e. The van der Waals surface area contributed by atoms with Crippen LogP contribution in [0.3, 0.4) is 0 Å². The van der Waals surface area contributed by atoms with Gasteiger partial charge in [-0.3, -0.25) is 9.78 Å². The van der Waals surface area contributed by atoms with Crippen LogP contribution in [-0.4, -0.2) is 22.9 Å². The number of methoxy groups -OCH3 is 1. The minimum atomic E-state index is -0.377. The lowest BCUT2D eigenvalue weighted by Gasteiger charge is -2.26. The molecule has 0 bridgehead atoms. The number of carbonyl (C=O) groups is 1. The van der Waals surface area contributed by atoms with Crippen molar-refractivity contribution in [3.63, 3.8) is 0 Å². The third-order valence-electron chi connectivity index (χ3n) is 4.55. The van der Waals surface area contributed by atoms with E-state index in [1.54, 1.807) is 36.4 Å². The van der Waals surface area contributed by atoms with Gasteiger partial charge in [-0.25, -0.2) is 0 Å². The lowest BCUT2D eigenvalue weighted by molar-refractivity contribution is 0.0728. The highest BCUT2D eigenvalue weighted by molar-refractivity contribution is 6.32. The SMILES string of the molecule is COc1ccc(N[C@@H]2c3ncccc3C(=O)N2Cc2ccccc2)cc1Cl. The van der Waals surface area contributed by atoms with E-state index < -0.39 is 0 Å². The molecule has 136 valence electrons. The molecule has 0 fully saturated rings. The van der Waals surface area contributed by atoms with Crippen LogP contribution in [0.15, 0.2) is 66.9 Å². The van der Waals surface area contributed by atoms with Gasteiger partial charge in [0.1, 0.15) is 11.9 Å². The maximum absolute atomic E-state index is 13.0. The molecule has 2 aromatic carbocycles. The first-order valence-corrected chi connectivity index (χ1v) is 8.95. The average Bonchev–Trinajstić information content (AvgIpc) is 2.95. The van der Waals surface area contributed by atoms with Crippen molar-refractivity contribution in [3.05, 3.63) is 88.7 Å². The van der Waals surface area contributed by atoms with Crippen LogP contribution >= 0.6 is 11.6 Å². The summed E-state index contributed by atoms with van der Waals surface area (Å²) in [5.74, 6) is 0.559. The topological polar surface area (TPSA) is 54.5 Å². The summed E-state index contributed by atoms with van der Waals surface area (Å²) >= 11 is 6.25. The molecule has 2 heterocycles. The molecule has 3 aromatic rings. The molecule has 0 saturated heterocycles. The zero-order chi connectivity index (χ0) is 18.8. The molecule has 0 saturated carbocycles. The Bertz CT molecular complexity index is 978. The van der Waals surface area contributed by atoms with Crippen molar-refractivity contribution >= 4 is 23.2 Å². The number of halogens is 1. The lowest BCUT2D eigenvalue weighted by atomic mass is 10.2. The molecule has 1 N–H and O–H groups in total. The van der Waals surface area contributed by atoms with Crippen LogP contribution in [0, 0.1) is 0 Å². The Morgan fingerprint density at radius 3 is 2.70 bits per heavy atom. The van der Waals surface area contributed by atoms with Gasteiger partial charge in [0.2, 0.25) is 0 Å². The Morgan fingerprint density at radius 2 is 1.96 bits per heavy atom. The van der Waals surface area contributed by atoms with Crippen LogP contribution in [0.2, 0.25) is 5.02 Å². The minimum absolute atomic E-state index is 0.0425. The predicted molar refractivity (Wildman–Crippen MR) is 105 cm³/mol. The van der Waals surface area contributed by atoms with Crippen molar-refractivity contribution < 1.29 is 9.53 Å². The Kier molecular flexibility index (Phi) is 4.69. The van der Waals surface area contributed by atoms with Gasteiger partial charge >= 0.3 is 0 Å². The summed E-state index contributed by atoms with van der Waals surface area (Å²) in [6, 6.07) is 18.9.